The van der Waals surface area contributed by atoms with Gasteiger partial charge in [0.2, 0.25) is 5.95 Å². The maximum absolute atomic E-state index is 14.5. The topological polar surface area (TPSA) is 107 Å². The summed E-state index contributed by atoms with van der Waals surface area (Å²) in [7, 11) is 1.77. The van der Waals surface area contributed by atoms with E-state index >= 15 is 0 Å². The van der Waals surface area contributed by atoms with Gasteiger partial charge in [0, 0.05) is 62.0 Å². The third-order valence-corrected chi connectivity index (χ3v) is 5.84. The molecule has 3 aromatic rings. The number of benzene rings is 1. The molecule has 2 aromatic heterocycles. The van der Waals surface area contributed by atoms with E-state index in [2.05, 4.69) is 26.7 Å². The van der Waals surface area contributed by atoms with Crippen molar-refractivity contribution in [1.82, 2.24) is 15.0 Å². The van der Waals surface area contributed by atoms with Gasteiger partial charge in [-0.2, -0.15) is 10.4 Å². The SMILES string of the molecule is C=NN(C)c1ncc(-c2cnc(N3CCC(N)CC3)nc2-c2ccc(C#N)c(F)c2)cc1C. The first kappa shape index (κ1) is 22.3. The number of hydrogen-bond donors (Lipinski definition) is 1. The molecule has 4 rings (SSSR count). The van der Waals surface area contributed by atoms with Crippen LogP contribution in [0.3, 0.4) is 0 Å². The Balaban J connectivity index is 1.83. The molecule has 0 radical (unpaired) electrons. The minimum Gasteiger partial charge on any atom is -0.341 e. The Labute approximate surface area is 192 Å². The second-order valence-electron chi connectivity index (χ2n) is 8.09. The number of rotatable bonds is 5. The summed E-state index contributed by atoms with van der Waals surface area (Å²) in [4.78, 5) is 16.0. The van der Waals surface area contributed by atoms with Gasteiger partial charge in [-0.05, 0) is 43.5 Å². The molecular weight excluding hydrogens is 419 g/mol. The monoisotopic (exact) mass is 444 g/mol. The van der Waals surface area contributed by atoms with Gasteiger partial charge in [-0.15, -0.1) is 0 Å². The number of nitrogens with zero attached hydrogens (tertiary/aromatic N) is 7. The minimum absolute atomic E-state index is 0.0126. The minimum atomic E-state index is -0.589. The Morgan fingerprint density at radius 3 is 2.61 bits per heavy atom. The zero-order valence-corrected chi connectivity index (χ0v) is 18.7. The highest BCUT2D eigenvalue weighted by molar-refractivity contribution is 5.81. The number of nitrogens with two attached hydrogens (primary N) is 1. The van der Waals surface area contributed by atoms with Gasteiger partial charge in [-0.3, -0.25) is 5.01 Å². The van der Waals surface area contributed by atoms with Crippen LogP contribution in [0.2, 0.25) is 0 Å². The summed E-state index contributed by atoms with van der Waals surface area (Å²) < 4.78 is 14.5. The number of pyridine rings is 1. The lowest BCUT2D eigenvalue weighted by atomic mass is 10.00. The van der Waals surface area contributed by atoms with Crippen LogP contribution < -0.4 is 15.6 Å². The number of nitriles is 1. The van der Waals surface area contributed by atoms with Gasteiger partial charge in [-0.1, -0.05) is 6.07 Å². The number of aromatic nitrogens is 3. The van der Waals surface area contributed by atoms with Crippen molar-refractivity contribution in [2.45, 2.75) is 25.8 Å². The van der Waals surface area contributed by atoms with Gasteiger partial charge in [0.25, 0.3) is 0 Å². The van der Waals surface area contributed by atoms with Gasteiger partial charge in [-0.25, -0.2) is 19.3 Å². The van der Waals surface area contributed by atoms with Crippen LogP contribution in [0.5, 0.6) is 0 Å². The number of hydrazone groups is 1. The van der Waals surface area contributed by atoms with E-state index in [4.69, 9.17) is 16.0 Å². The number of piperidine rings is 1. The maximum atomic E-state index is 14.5. The fourth-order valence-corrected chi connectivity index (χ4v) is 3.93. The van der Waals surface area contributed by atoms with Crippen LogP contribution in [0.4, 0.5) is 16.2 Å². The lowest BCUT2D eigenvalue weighted by Crippen LogP contribution is -2.40. The highest BCUT2D eigenvalue weighted by atomic mass is 19.1. The lowest BCUT2D eigenvalue weighted by Gasteiger charge is -2.30. The van der Waals surface area contributed by atoms with E-state index in [0.29, 0.717) is 28.6 Å². The number of hydrogen-bond acceptors (Lipinski definition) is 8. The average Bonchev–Trinajstić information content (AvgIpc) is 2.83. The van der Waals surface area contributed by atoms with Crippen LogP contribution in [0.1, 0.15) is 24.0 Å². The Morgan fingerprint density at radius 1 is 1.21 bits per heavy atom. The molecule has 2 N–H and O–H groups in total. The molecule has 0 aliphatic carbocycles. The normalized spacial score (nSPS) is 14.1. The quantitative estimate of drug-likeness (QED) is 0.474. The second-order valence-corrected chi connectivity index (χ2v) is 8.09. The summed E-state index contributed by atoms with van der Waals surface area (Å²) in [6.07, 6.45) is 5.18. The van der Waals surface area contributed by atoms with E-state index in [1.165, 1.54) is 12.1 Å². The highest BCUT2D eigenvalue weighted by Crippen LogP contribution is 2.34. The van der Waals surface area contributed by atoms with Crippen molar-refractivity contribution >= 4 is 18.5 Å². The molecular formula is C24H25FN8. The molecule has 9 heteroatoms. The van der Waals surface area contributed by atoms with Crippen LogP contribution >= 0.6 is 0 Å². The molecule has 1 aromatic carbocycles. The average molecular weight is 445 g/mol. The van der Waals surface area contributed by atoms with Gasteiger partial charge in [0.1, 0.15) is 11.9 Å². The van der Waals surface area contributed by atoms with Crippen LogP contribution in [0, 0.1) is 24.1 Å². The molecule has 168 valence electrons. The molecule has 1 saturated heterocycles. The Kier molecular flexibility index (Phi) is 6.29. The molecule has 8 nitrogen and oxygen atoms in total. The van der Waals surface area contributed by atoms with Crippen molar-refractivity contribution in [3.63, 3.8) is 0 Å². The van der Waals surface area contributed by atoms with Crippen LogP contribution in [0.15, 0.2) is 41.8 Å². The molecule has 0 spiro atoms. The largest absolute Gasteiger partial charge is 0.341 e. The number of anilines is 2. The molecule has 0 saturated carbocycles. The van der Waals surface area contributed by atoms with E-state index in [0.717, 1.165) is 37.1 Å². The van der Waals surface area contributed by atoms with E-state index in [1.807, 2.05) is 19.1 Å². The van der Waals surface area contributed by atoms with E-state index in [-0.39, 0.29) is 11.6 Å². The van der Waals surface area contributed by atoms with Crippen molar-refractivity contribution in [1.29, 1.82) is 5.26 Å². The molecule has 33 heavy (non-hydrogen) atoms. The van der Waals surface area contributed by atoms with Crippen molar-refractivity contribution in [2.24, 2.45) is 10.8 Å². The zero-order chi connectivity index (χ0) is 23.5. The van der Waals surface area contributed by atoms with Crippen LogP contribution in [-0.2, 0) is 0 Å². The molecule has 1 aliphatic heterocycles. The third-order valence-electron chi connectivity index (χ3n) is 5.84. The Hall–Kier alpha value is -3.90. The highest BCUT2D eigenvalue weighted by Gasteiger charge is 2.21. The van der Waals surface area contributed by atoms with E-state index < -0.39 is 5.82 Å². The summed E-state index contributed by atoms with van der Waals surface area (Å²) in [6.45, 7) is 6.99. The molecule has 0 amide bonds. The summed E-state index contributed by atoms with van der Waals surface area (Å²) in [5.74, 6) is 0.664. The molecule has 0 unspecified atom stereocenters. The summed E-state index contributed by atoms with van der Waals surface area (Å²) in [6, 6.07) is 8.51. The first-order valence-electron chi connectivity index (χ1n) is 10.7. The van der Waals surface area contributed by atoms with Crippen molar-refractivity contribution in [3.05, 3.63) is 53.6 Å². The van der Waals surface area contributed by atoms with Gasteiger partial charge >= 0.3 is 0 Å². The third kappa shape index (κ3) is 4.52. The zero-order valence-electron chi connectivity index (χ0n) is 18.7. The lowest BCUT2D eigenvalue weighted by molar-refractivity contribution is 0.495. The summed E-state index contributed by atoms with van der Waals surface area (Å²) >= 11 is 0. The molecule has 0 bridgehead atoms. The summed E-state index contributed by atoms with van der Waals surface area (Å²) in [5, 5.41) is 14.6. The van der Waals surface area contributed by atoms with Gasteiger partial charge in [0.05, 0.1) is 11.3 Å². The van der Waals surface area contributed by atoms with E-state index in [9.17, 15) is 4.39 Å². The number of halogens is 1. The molecule has 1 aliphatic rings. The molecule has 3 heterocycles. The first-order valence-corrected chi connectivity index (χ1v) is 10.7. The van der Waals surface area contributed by atoms with Gasteiger partial charge in [0.15, 0.2) is 5.82 Å². The number of aryl methyl sites for hydroxylation is 1. The first-order chi connectivity index (χ1) is 15.9. The molecule has 1 fully saturated rings. The fraction of sp³-hybridized carbons (Fsp3) is 0.292. The second kappa shape index (κ2) is 9.30. The van der Waals surface area contributed by atoms with Crippen LogP contribution in [0.25, 0.3) is 22.4 Å². The standard InChI is InChI=1S/C24H25FN8/c1-15-10-18(13-29-23(15)32(3)28-2)20-14-30-24(33-8-6-19(27)7-9-33)31-22(20)16-4-5-17(12-26)21(25)11-16/h4-5,10-11,13-14,19H,2,6-9,27H2,1,3H3. The molecule has 0 atom stereocenters. The fourth-order valence-electron chi connectivity index (χ4n) is 3.93. The van der Waals surface area contributed by atoms with Crippen molar-refractivity contribution in [3.8, 4) is 28.5 Å². The van der Waals surface area contributed by atoms with E-state index in [1.54, 1.807) is 30.5 Å². The Morgan fingerprint density at radius 2 is 1.97 bits per heavy atom. The Bertz CT molecular complexity index is 1230. The maximum Gasteiger partial charge on any atom is 0.225 e. The van der Waals surface area contributed by atoms with Gasteiger partial charge < -0.3 is 10.6 Å². The predicted octanol–water partition coefficient (Wildman–Crippen LogP) is 3.50. The van der Waals surface area contributed by atoms with Crippen LogP contribution in [-0.4, -0.2) is 47.8 Å². The smallest absolute Gasteiger partial charge is 0.225 e. The summed E-state index contributed by atoms with van der Waals surface area (Å²) in [5.41, 5.74) is 9.57. The van der Waals surface area contributed by atoms with Crippen molar-refractivity contribution < 1.29 is 4.39 Å². The van der Waals surface area contributed by atoms with Crippen molar-refractivity contribution in [2.75, 3.05) is 30.0 Å². The predicted molar refractivity (Wildman–Crippen MR) is 127 cm³/mol.